The number of rotatable bonds is 4. The van der Waals surface area contributed by atoms with E-state index >= 15 is 0 Å². The summed E-state index contributed by atoms with van der Waals surface area (Å²) >= 11 is 0. The van der Waals surface area contributed by atoms with Crippen molar-refractivity contribution >= 4 is 20.9 Å². The van der Waals surface area contributed by atoms with E-state index < -0.39 is 27.0 Å². The van der Waals surface area contributed by atoms with Gasteiger partial charge in [0.1, 0.15) is 17.1 Å². The Morgan fingerprint density at radius 1 is 1.03 bits per heavy atom. The van der Waals surface area contributed by atoms with Crippen LogP contribution in [0.1, 0.15) is 19.5 Å². The van der Waals surface area contributed by atoms with Gasteiger partial charge in [0.15, 0.2) is 26.5 Å². The summed E-state index contributed by atoms with van der Waals surface area (Å²) in [6, 6.07) is 2.52. The van der Waals surface area contributed by atoms with Crippen LogP contribution in [0.15, 0.2) is 29.6 Å². The number of sulfone groups is 1. The molecule has 0 fully saturated rings. The number of alkyl halides is 3. The zero-order valence-corrected chi connectivity index (χ0v) is 18.7. The Hall–Kier alpha value is -3.22. The van der Waals surface area contributed by atoms with Gasteiger partial charge >= 0.3 is 6.18 Å². The minimum absolute atomic E-state index is 0.0303. The Morgan fingerprint density at radius 3 is 2.28 bits per heavy atom. The molecule has 32 heavy (non-hydrogen) atoms. The van der Waals surface area contributed by atoms with Crippen LogP contribution < -0.4 is 0 Å². The second kappa shape index (κ2) is 7.15. The number of pyridine rings is 1. The summed E-state index contributed by atoms with van der Waals surface area (Å²) in [6.45, 7) is 3.09. The lowest BCUT2D eigenvalue weighted by Crippen LogP contribution is -2.18. The fourth-order valence-corrected chi connectivity index (χ4v) is 4.72. The molecule has 170 valence electrons. The van der Waals surface area contributed by atoms with E-state index in [9.17, 15) is 21.6 Å². The van der Waals surface area contributed by atoms with Gasteiger partial charge in [0.05, 0.1) is 22.5 Å². The quantitative estimate of drug-likeness (QED) is 0.458. The summed E-state index contributed by atoms with van der Waals surface area (Å²) in [5, 5.41) is 3.45. The van der Waals surface area contributed by atoms with Gasteiger partial charge in [-0.3, -0.25) is 4.68 Å². The number of fused-ring (bicyclic) bond motifs is 1. The maximum Gasteiger partial charge on any atom is 0.433 e. The maximum absolute atomic E-state index is 13.2. The summed E-state index contributed by atoms with van der Waals surface area (Å²) in [4.78, 5) is 12.3. The maximum atomic E-state index is 13.2. The third-order valence-corrected chi connectivity index (χ3v) is 7.39. The number of nitrogens with zero attached hydrogens (tertiary/aromatic N) is 7. The van der Waals surface area contributed by atoms with Crippen molar-refractivity contribution in [2.75, 3.05) is 0 Å². The Labute approximate surface area is 181 Å². The first-order chi connectivity index (χ1) is 14.8. The lowest BCUT2D eigenvalue weighted by Gasteiger charge is -2.11. The van der Waals surface area contributed by atoms with Gasteiger partial charge in [0, 0.05) is 27.3 Å². The summed E-state index contributed by atoms with van der Waals surface area (Å²) < 4.78 is 70.2. The molecule has 0 unspecified atom stereocenters. The standard InChI is InChI=1S/C19H20F3N7O2S/c1-10(2)32(30,31)18-15(25-16(29(18)5)11-6-7-27(3)26-11)17-24-12-8-14(19(20,21)22)23-9-13(12)28(17)4/h6-10H,1-5H3. The molecule has 0 saturated heterocycles. The highest BCUT2D eigenvalue weighted by Gasteiger charge is 2.35. The number of hydrogen-bond donors (Lipinski definition) is 0. The molecule has 4 aromatic rings. The third kappa shape index (κ3) is 3.36. The van der Waals surface area contributed by atoms with E-state index in [1.165, 1.54) is 9.13 Å². The van der Waals surface area contributed by atoms with E-state index in [4.69, 9.17) is 0 Å². The van der Waals surface area contributed by atoms with E-state index in [-0.39, 0.29) is 22.1 Å². The summed E-state index contributed by atoms with van der Waals surface area (Å²) in [7, 11) is 1.01. The number of halogens is 3. The molecule has 0 aliphatic rings. The number of hydrogen-bond acceptors (Lipinski definition) is 6. The Bertz CT molecular complexity index is 1450. The van der Waals surface area contributed by atoms with Gasteiger partial charge in [-0.15, -0.1) is 0 Å². The summed E-state index contributed by atoms with van der Waals surface area (Å²) in [5.41, 5.74) is -0.260. The van der Waals surface area contributed by atoms with Crippen molar-refractivity contribution in [3.63, 3.8) is 0 Å². The van der Waals surface area contributed by atoms with Crippen molar-refractivity contribution in [2.45, 2.75) is 30.3 Å². The molecule has 0 radical (unpaired) electrons. The molecule has 0 aromatic carbocycles. The van der Waals surface area contributed by atoms with Crippen LogP contribution in [0.5, 0.6) is 0 Å². The zero-order chi connectivity index (χ0) is 23.6. The van der Waals surface area contributed by atoms with Gasteiger partial charge in [-0.1, -0.05) is 0 Å². The van der Waals surface area contributed by atoms with Gasteiger partial charge < -0.3 is 9.13 Å². The van der Waals surface area contributed by atoms with Gasteiger partial charge in [0.25, 0.3) is 0 Å². The predicted octanol–water partition coefficient (Wildman–Crippen LogP) is 2.97. The van der Waals surface area contributed by atoms with Crippen molar-refractivity contribution in [3.05, 3.63) is 30.2 Å². The molecule has 0 atom stereocenters. The second-order valence-corrected chi connectivity index (χ2v) is 10.1. The zero-order valence-electron chi connectivity index (χ0n) is 17.9. The molecule has 0 bridgehead atoms. The fraction of sp³-hybridized carbons (Fsp3) is 0.368. The topological polar surface area (TPSA) is 100 Å². The van der Waals surface area contributed by atoms with Crippen molar-refractivity contribution in [1.82, 2.24) is 33.9 Å². The molecule has 4 rings (SSSR count). The summed E-state index contributed by atoms with van der Waals surface area (Å²) in [5.74, 6) is 0.402. The third-order valence-electron chi connectivity index (χ3n) is 5.14. The second-order valence-electron chi connectivity index (χ2n) is 7.67. The van der Waals surface area contributed by atoms with Gasteiger partial charge in [-0.2, -0.15) is 18.3 Å². The van der Waals surface area contributed by atoms with Crippen LogP contribution in [0.2, 0.25) is 0 Å². The smallest absolute Gasteiger partial charge is 0.324 e. The predicted molar refractivity (Wildman–Crippen MR) is 110 cm³/mol. The Kier molecular flexibility index (Phi) is 4.91. The van der Waals surface area contributed by atoms with E-state index in [1.54, 1.807) is 51.9 Å². The average molecular weight is 467 g/mol. The van der Waals surface area contributed by atoms with E-state index in [2.05, 4.69) is 20.1 Å². The van der Waals surface area contributed by atoms with Crippen LogP contribution in [-0.2, 0) is 37.2 Å². The fourth-order valence-electron chi connectivity index (χ4n) is 3.40. The molecule has 0 spiro atoms. The van der Waals surface area contributed by atoms with Crippen LogP contribution in [0.3, 0.4) is 0 Å². The average Bonchev–Trinajstić information content (AvgIpc) is 3.36. The lowest BCUT2D eigenvalue weighted by atomic mass is 10.3. The van der Waals surface area contributed by atoms with E-state index in [1.807, 2.05) is 0 Å². The molecular formula is C19H20F3N7O2S. The Balaban J connectivity index is 2.03. The molecule has 13 heteroatoms. The summed E-state index contributed by atoms with van der Waals surface area (Å²) in [6.07, 6.45) is -1.87. The van der Waals surface area contributed by atoms with Crippen molar-refractivity contribution in [2.24, 2.45) is 21.1 Å². The Morgan fingerprint density at radius 2 is 1.72 bits per heavy atom. The molecule has 0 saturated carbocycles. The molecule has 9 nitrogen and oxygen atoms in total. The molecule has 4 heterocycles. The highest BCUT2D eigenvalue weighted by atomic mass is 32.2. The van der Waals surface area contributed by atoms with E-state index in [0.717, 1.165) is 12.3 Å². The van der Waals surface area contributed by atoms with E-state index in [0.29, 0.717) is 17.0 Å². The molecule has 0 N–H and O–H groups in total. The van der Waals surface area contributed by atoms with Crippen molar-refractivity contribution < 1.29 is 21.6 Å². The molecule has 4 aromatic heterocycles. The first-order valence-electron chi connectivity index (χ1n) is 9.53. The highest BCUT2D eigenvalue weighted by molar-refractivity contribution is 7.92. The SMILES string of the molecule is CC(C)S(=O)(=O)c1c(-c2nc3cc(C(F)(F)F)ncc3n2C)nc(-c2ccn(C)n2)n1C. The first kappa shape index (κ1) is 22.0. The molecule has 0 aliphatic heterocycles. The largest absolute Gasteiger partial charge is 0.433 e. The van der Waals surface area contributed by atoms with Crippen molar-refractivity contribution in [3.8, 4) is 23.0 Å². The number of aryl methyl sites for hydroxylation is 2. The lowest BCUT2D eigenvalue weighted by molar-refractivity contribution is -0.141. The monoisotopic (exact) mass is 467 g/mol. The first-order valence-corrected chi connectivity index (χ1v) is 11.1. The van der Waals surface area contributed by atoms with Crippen LogP contribution in [0.25, 0.3) is 34.1 Å². The van der Waals surface area contributed by atoms with Gasteiger partial charge in [-0.05, 0) is 26.0 Å². The van der Waals surface area contributed by atoms with Crippen LogP contribution >= 0.6 is 0 Å². The van der Waals surface area contributed by atoms with Crippen LogP contribution in [0.4, 0.5) is 13.2 Å². The highest BCUT2D eigenvalue weighted by Crippen LogP contribution is 2.35. The number of aromatic nitrogens is 7. The normalized spacial score (nSPS) is 12.9. The van der Waals surface area contributed by atoms with Crippen LogP contribution in [0, 0.1) is 0 Å². The minimum Gasteiger partial charge on any atom is -0.324 e. The molecule has 0 aliphatic carbocycles. The van der Waals surface area contributed by atoms with Gasteiger partial charge in [0.2, 0.25) is 0 Å². The molecular weight excluding hydrogens is 447 g/mol. The molecule has 0 amide bonds. The van der Waals surface area contributed by atoms with Gasteiger partial charge in [-0.25, -0.2) is 23.4 Å². The van der Waals surface area contributed by atoms with Crippen molar-refractivity contribution in [1.29, 1.82) is 0 Å². The number of imidazole rings is 2. The van der Waals surface area contributed by atoms with Crippen LogP contribution in [-0.4, -0.2) is 47.5 Å². The minimum atomic E-state index is -4.63.